The molecule has 0 atom stereocenters. The lowest BCUT2D eigenvalue weighted by Gasteiger charge is -2.35. The van der Waals surface area contributed by atoms with Crippen molar-refractivity contribution < 1.29 is 4.79 Å². The number of piperazine rings is 1. The standard InChI is InChI=1S/C26H25ClN10O/c27-21-15-31-25-33-20-11-17(13-29-14-20)1-2-18-12-19(32-24(21)35-25)3-4-22(18)34-26(38)37-9-7-36(8-10-37)23-16-28-5-6-30-23/h3-6,11-16H,1-2,7-10H2,(H,34,38)(H2,31,32,33,35). The Labute approximate surface area is 224 Å². The van der Waals surface area contributed by atoms with E-state index in [2.05, 4.69) is 45.8 Å². The summed E-state index contributed by atoms with van der Waals surface area (Å²) in [6.45, 7) is 2.58. The number of fused-ring (bicyclic) bond motifs is 6. The topological polar surface area (TPSA) is 124 Å². The summed E-state index contributed by atoms with van der Waals surface area (Å²) in [5, 5.41) is 10.00. The third-order valence-corrected chi connectivity index (χ3v) is 6.80. The molecule has 38 heavy (non-hydrogen) atoms. The molecule has 3 aromatic heterocycles. The summed E-state index contributed by atoms with van der Waals surface area (Å²) in [7, 11) is 0. The first-order valence-corrected chi connectivity index (χ1v) is 12.7. The summed E-state index contributed by atoms with van der Waals surface area (Å²) < 4.78 is 0. The summed E-state index contributed by atoms with van der Waals surface area (Å²) in [6, 6.07) is 7.73. The van der Waals surface area contributed by atoms with E-state index in [0.717, 1.165) is 40.4 Å². The molecular weight excluding hydrogens is 504 g/mol. The number of pyridine rings is 1. The Hall–Kier alpha value is -4.51. The predicted molar refractivity (Wildman–Crippen MR) is 147 cm³/mol. The molecule has 11 nitrogen and oxygen atoms in total. The Morgan fingerprint density at radius 2 is 1.79 bits per heavy atom. The van der Waals surface area contributed by atoms with Crippen molar-refractivity contribution in [2.45, 2.75) is 12.8 Å². The normalized spacial score (nSPS) is 14.8. The number of carbonyl (C=O) groups excluding carboxylic acids is 1. The molecule has 1 fully saturated rings. The fraction of sp³-hybridized carbons (Fsp3) is 0.231. The van der Waals surface area contributed by atoms with Gasteiger partial charge in [-0.1, -0.05) is 11.6 Å². The van der Waals surface area contributed by atoms with Gasteiger partial charge in [0.2, 0.25) is 5.95 Å². The van der Waals surface area contributed by atoms with Crippen molar-refractivity contribution in [2.24, 2.45) is 0 Å². The van der Waals surface area contributed by atoms with E-state index in [4.69, 9.17) is 11.6 Å². The summed E-state index contributed by atoms with van der Waals surface area (Å²) in [4.78, 5) is 38.8. The average Bonchev–Trinajstić information content (AvgIpc) is 2.95. The summed E-state index contributed by atoms with van der Waals surface area (Å²) in [5.74, 6) is 1.72. The number of nitrogens with zero attached hydrogens (tertiary/aromatic N) is 7. The van der Waals surface area contributed by atoms with Gasteiger partial charge < -0.3 is 25.8 Å². The lowest BCUT2D eigenvalue weighted by molar-refractivity contribution is 0.208. The van der Waals surface area contributed by atoms with Crippen LogP contribution < -0.4 is 20.9 Å². The van der Waals surface area contributed by atoms with Gasteiger partial charge in [0.05, 0.1) is 24.3 Å². The predicted octanol–water partition coefficient (Wildman–Crippen LogP) is 4.25. The highest BCUT2D eigenvalue weighted by atomic mass is 35.5. The number of aryl methyl sites for hydroxylation is 2. The number of benzene rings is 1. The monoisotopic (exact) mass is 528 g/mol. The Kier molecular flexibility index (Phi) is 6.57. The van der Waals surface area contributed by atoms with Crippen LogP contribution in [0.1, 0.15) is 11.1 Å². The van der Waals surface area contributed by atoms with Crippen LogP contribution in [0.25, 0.3) is 0 Å². The van der Waals surface area contributed by atoms with E-state index in [1.165, 1.54) is 0 Å². The van der Waals surface area contributed by atoms with Crippen LogP contribution in [0, 0.1) is 0 Å². The molecule has 1 aromatic carbocycles. The van der Waals surface area contributed by atoms with E-state index in [1.807, 2.05) is 35.4 Å². The zero-order valence-corrected chi connectivity index (χ0v) is 21.2. The minimum Gasteiger partial charge on any atom is -0.352 e. The van der Waals surface area contributed by atoms with Gasteiger partial charge in [-0.3, -0.25) is 9.97 Å². The van der Waals surface area contributed by atoms with Gasteiger partial charge in [-0.15, -0.1) is 0 Å². The maximum Gasteiger partial charge on any atom is 0.321 e. The van der Waals surface area contributed by atoms with Crippen molar-refractivity contribution in [1.82, 2.24) is 29.8 Å². The molecular formula is C26H25ClN10O. The second-order valence-corrected chi connectivity index (χ2v) is 9.47. The Morgan fingerprint density at radius 3 is 2.63 bits per heavy atom. The van der Waals surface area contributed by atoms with Gasteiger partial charge in [0.15, 0.2) is 5.82 Å². The maximum atomic E-state index is 13.2. The molecule has 6 rings (SSSR count). The van der Waals surface area contributed by atoms with Crippen molar-refractivity contribution in [3.8, 4) is 0 Å². The highest BCUT2D eigenvalue weighted by molar-refractivity contribution is 6.32. The van der Waals surface area contributed by atoms with Gasteiger partial charge in [-0.25, -0.2) is 14.8 Å². The van der Waals surface area contributed by atoms with E-state index in [1.54, 1.807) is 31.0 Å². The van der Waals surface area contributed by atoms with Crippen molar-refractivity contribution in [3.63, 3.8) is 0 Å². The largest absolute Gasteiger partial charge is 0.352 e. The average molecular weight is 529 g/mol. The molecule has 0 aliphatic carbocycles. The van der Waals surface area contributed by atoms with Crippen LogP contribution in [0.2, 0.25) is 5.02 Å². The molecule has 6 bridgehead atoms. The molecule has 192 valence electrons. The highest BCUT2D eigenvalue weighted by Gasteiger charge is 2.23. The van der Waals surface area contributed by atoms with E-state index in [0.29, 0.717) is 49.4 Å². The maximum absolute atomic E-state index is 13.2. The molecule has 2 aliphatic heterocycles. The minimum absolute atomic E-state index is 0.125. The van der Waals surface area contributed by atoms with E-state index in [9.17, 15) is 4.79 Å². The van der Waals surface area contributed by atoms with Crippen LogP contribution in [0.4, 0.5) is 39.4 Å². The molecule has 3 N–H and O–H groups in total. The first-order chi connectivity index (χ1) is 18.6. The molecule has 0 unspecified atom stereocenters. The van der Waals surface area contributed by atoms with Crippen LogP contribution >= 0.6 is 11.6 Å². The zero-order chi connectivity index (χ0) is 25.9. The summed E-state index contributed by atoms with van der Waals surface area (Å²) in [6.07, 6.45) is 11.6. The first-order valence-electron chi connectivity index (χ1n) is 12.3. The number of amides is 2. The molecule has 2 aliphatic rings. The number of nitrogens with one attached hydrogen (secondary N) is 3. The molecule has 0 spiro atoms. The Bertz CT molecular complexity index is 1460. The van der Waals surface area contributed by atoms with Gasteiger partial charge >= 0.3 is 6.03 Å². The zero-order valence-electron chi connectivity index (χ0n) is 20.4. The molecule has 1 saturated heterocycles. The summed E-state index contributed by atoms with van der Waals surface area (Å²) >= 11 is 6.37. The SMILES string of the molecule is O=C(Nc1ccc2cc1CCc1cncc(c1)Nc1ncc(Cl)c(n1)N2)N1CCN(c2cnccn2)CC1. The molecule has 12 heteroatoms. The van der Waals surface area contributed by atoms with Crippen molar-refractivity contribution in [2.75, 3.05) is 47.0 Å². The van der Waals surface area contributed by atoms with Crippen molar-refractivity contribution in [3.05, 3.63) is 77.6 Å². The van der Waals surface area contributed by atoms with Gasteiger partial charge in [-0.2, -0.15) is 4.98 Å². The summed E-state index contributed by atoms with van der Waals surface area (Å²) in [5.41, 5.74) is 4.41. The van der Waals surface area contributed by atoms with Crippen molar-refractivity contribution >= 4 is 52.3 Å². The third kappa shape index (κ3) is 5.28. The van der Waals surface area contributed by atoms with Gasteiger partial charge in [0, 0.05) is 56.1 Å². The molecule has 0 saturated carbocycles. The fourth-order valence-electron chi connectivity index (χ4n) is 4.54. The molecule has 4 aromatic rings. The number of carbonyl (C=O) groups is 1. The number of rotatable bonds is 2. The van der Waals surface area contributed by atoms with Crippen LogP contribution in [-0.2, 0) is 12.8 Å². The van der Waals surface area contributed by atoms with E-state index >= 15 is 0 Å². The highest BCUT2D eigenvalue weighted by Crippen LogP contribution is 2.29. The second-order valence-electron chi connectivity index (χ2n) is 9.06. The van der Waals surface area contributed by atoms with Crippen LogP contribution in [-0.4, -0.2) is 62.0 Å². The minimum atomic E-state index is -0.125. The van der Waals surface area contributed by atoms with Crippen LogP contribution in [0.15, 0.2) is 61.4 Å². The van der Waals surface area contributed by atoms with E-state index < -0.39 is 0 Å². The lowest BCUT2D eigenvalue weighted by atomic mass is 10.0. The first kappa shape index (κ1) is 23.9. The fourth-order valence-corrected chi connectivity index (χ4v) is 4.68. The number of aromatic nitrogens is 5. The number of halogens is 1. The van der Waals surface area contributed by atoms with Gasteiger partial charge in [0.25, 0.3) is 0 Å². The van der Waals surface area contributed by atoms with E-state index in [-0.39, 0.29) is 6.03 Å². The number of hydrogen-bond donors (Lipinski definition) is 3. The lowest BCUT2D eigenvalue weighted by Crippen LogP contribution is -2.50. The number of urea groups is 1. The van der Waals surface area contributed by atoms with Crippen molar-refractivity contribution in [1.29, 1.82) is 0 Å². The van der Waals surface area contributed by atoms with Crippen LogP contribution in [0.3, 0.4) is 0 Å². The van der Waals surface area contributed by atoms with Gasteiger partial charge in [-0.05, 0) is 48.2 Å². The smallest absolute Gasteiger partial charge is 0.321 e. The Balaban J connectivity index is 1.22. The molecule has 5 heterocycles. The quantitative estimate of drug-likeness (QED) is 0.350. The number of hydrogen-bond acceptors (Lipinski definition) is 9. The second kappa shape index (κ2) is 10.5. The molecule has 0 radical (unpaired) electrons. The molecule has 2 amide bonds. The third-order valence-electron chi connectivity index (χ3n) is 6.53. The number of anilines is 6. The Morgan fingerprint density at radius 1 is 0.895 bits per heavy atom. The van der Waals surface area contributed by atoms with Gasteiger partial charge in [0.1, 0.15) is 10.8 Å². The van der Waals surface area contributed by atoms with Crippen LogP contribution in [0.5, 0.6) is 0 Å².